The zero-order chi connectivity index (χ0) is 19.6. The fourth-order valence-corrected chi connectivity index (χ4v) is 2.27. The molecule has 0 amide bonds. The summed E-state index contributed by atoms with van der Waals surface area (Å²) < 4.78 is 24.0. The Morgan fingerprint density at radius 3 is 2.78 bits per heavy atom. The highest BCUT2D eigenvalue weighted by Gasteiger charge is 2.21. The second-order valence-corrected chi connectivity index (χ2v) is 5.78. The van der Waals surface area contributed by atoms with Crippen LogP contribution in [0.15, 0.2) is 47.0 Å². The molecule has 27 heavy (non-hydrogen) atoms. The van der Waals surface area contributed by atoms with Crippen molar-refractivity contribution in [3.8, 4) is 11.4 Å². The number of rotatable bonds is 5. The van der Waals surface area contributed by atoms with Crippen LogP contribution in [0.4, 0.5) is 10.1 Å². The molecule has 0 saturated heterocycles. The Morgan fingerprint density at radius 2 is 2.07 bits per heavy atom. The second-order valence-electron chi connectivity index (χ2n) is 5.78. The number of non-ortho nitro benzene ring substituents is 1. The third-order valence-corrected chi connectivity index (χ3v) is 3.80. The molecule has 8 nitrogen and oxygen atoms in total. The quantitative estimate of drug-likeness (QED) is 0.379. The van der Waals surface area contributed by atoms with Crippen LogP contribution in [0.2, 0.25) is 0 Å². The Hall–Kier alpha value is -3.62. The summed E-state index contributed by atoms with van der Waals surface area (Å²) in [6.45, 7) is 3.15. The third-order valence-electron chi connectivity index (χ3n) is 3.80. The summed E-state index contributed by atoms with van der Waals surface area (Å²) in [6, 6.07) is 9.68. The molecule has 0 radical (unpaired) electrons. The maximum absolute atomic E-state index is 13.7. The van der Waals surface area contributed by atoms with E-state index in [0.717, 1.165) is 6.07 Å². The van der Waals surface area contributed by atoms with Crippen molar-refractivity contribution in [1.82, 2.24) is 10.1 Å². The van der Waals surface area contributed by atoms with Crippen molar-refractivity contribution in [2.24, 2.45) is 0 Å². The SMILES string of the molecule is Cc1ccc(-c2noc(C(C)OC(=O)c3cccc([N+](=O)[O-])c3)n2)cc1F. The van der Waals surface area contributed by atoms with Crippen molar-refractivity contribution in [2.75, 3.05) is 0 Å². The normalized spacial score (nSPS) is 11.8. The Kier molecular flexibility index (Phi) is 4.93. The fraction of sp³-hybridized carbons (Fsp3) is 0.167. The maximum atomic E-state index is 13.7. The van der Waals surface area contributed by atoms with Crippen LogP contribution in [0.5, 0.6) is 0 Å². The number of aryl methyl sites for hydroxylation is 1. The molecule has 3 rings (SSSR count). The summed E-state index contributed by atoms with van der Waals surface area (Å²) in [6.07, 6.45) is -0.895. The Balaban J connectivity index is 1.75. The van der Waals surface area contributed by atoms with E-state index in [-0.39, 0.29) is 23.0 Å². The molecule has 2 aromatic carbocycles. The van der Waals surface area contributed by atoms with Crippen LogP contribution in [0.1, 0.15) is 34.8 Å². The van der Waals surface area contributed by atoms with Crippen LogP contribution < -0.4 is 0 Å². The van der Waals surface area contributed by atoms with Crippen LogP contribution in [0.25, 0.3) is 11.4 Å². The molecule has 138 valence electrons. The number of esters is 1. The standard InChI is InChI=1S/C18H14FN3O5/c1-10-6-7-12(9-15(10)19)16-20-17(27-21-16)11(2)26-18(23)13-4-3-5-14(8-13)22(24)25/h3-9,11H,1-2H3. The van der Waals surface area contributed by atoms with Gasteiger partial charge in [0.1, 0.15) is 5.82 Å². The minimum Gasteiger partial charge on any atom is -0.449 e. The number of nitrogens with zero attached hydrogens (tertiary/aromatic N) is 3. The van der Waals surface area contributed by atoms with Gasteiger partial charge in [-0.2, -0.15) is 4.98 Å². The lowest BCUT2D eigenvalue weighted by Crippen LogP contribution is -2.09. The van der Waals surface area contributed by atoms with Crippen molar-refractivity contribution in [2.45, 2.75) is 20.0 Å². The summed E-state index contributed by atoms with van der Waals surface area (Å²) in [4.78, 5) is 26.5. The Labute approximate surface area is 152 Å². The topological polar surface area (TPSA) is 108 Å². The number of aromatic nitrogens is 2. The van der Waals surface area contributed by atoms with E-state index >= 15 is 0 Å². The molecule has 1 unspecified atom stereocenters. The molecule has 0 aliphatic rings. The molecule has 9 heteroatoms. The van der Waals surface area contributed by atoms with E-state index in [4.69, 9.17) is 9.26 Å². The molecular formula is C18H14FN3O5. The smallest absolute Gasteiger partial charge is 0.339 e. The van der Waals surface area contributed by atoms with E-state index in [1.165, 1.54) is 31.2 Å². The number of halogens is 1. The second kappa shape index (κ2) is 7.32. The number of benzene rings is 2. The lowest BCUT2D eigenvalue weighted by molar-refractivity contribution is -0.384. The maximum Gasteiger partial charge on any atom is 0.339 e. The van der Waals surface area contributed by atoms with Gasteiger partial charge in [0, 0.05) is 17.7 Å². The van der Waals surface area contributed by atoms with Crippen LogP contribution in [-0.2, 0) is 4.74 Å². The first-order valence-corrected chi connectivity index (χ1v) is 7.90. The number of hydrogen-bond acceptors (Lipinski definition) is 7. The summed E-state index contributed by atoms with van der Waals surface area (Å²) in [5, 5.41) is 14.6. The first-order valence-electron chi connectivity index (χ1n) is 7.90. The van der Waals surface area contributed by atoms with Gasteiger partial charge >= 0.3 is 5.97 Å². The number of nitro benzene ring substituents is 1. The third kappa shape index (κ3) is 3.97. The Morgan fingerprint density at radius 1 is 1.30 bits per heavy atom. The minimum atomic E-state index is -0.895. The van der Waals surface area contributed by atoms with Crippen LogP contribution in [0.3, 0.4) is 0 Å². The number of ether oxygens (including phenoxy) is 1. The van der Waals surface area contributed by atoms with Crippen LogP contribution in [-0.4, -0.2) is 21.0 Å². The minimum absolute atomic E-state index is 0.0183. The van der Waals surface area contributed by atoms with Gasteiger partial charge in [0.15, 0.2) is 6.10 Å². The van der Waals surface area contributed by atoms with Gasteiger partial charge in [0.25, 0.3) is 11.6 Å². The summed E-state index contributed by atoms with van der Waals surface area (Å²) in [5.74, 6) is -0.997. The van der Waals surface area contributed by atoms with E-state index in [0.29, 0.717) is 11.1 Å². The molecular weight excluding hydrogens is 357 g/mol. The highest BCUT2D eigenvalue weighted by molar-refractivity contribution is 5.90. The molecule has 0 spiro atoms. The van der Waals surface area contributed by atoms with Crippen molar-refractivity contribution in [3.63, 3.8) is 0 Å². The van der Waals surface area contributed by atoms with Crippen LogP contribution in [0, 0.1) is 22.9 Å². The lowest BCUT2D eigenvalue weighted by atomic mass is 10.1. The summed E-state index contributed by atoms with van der Waals surface area (Å²) in [7, 11) is 0. The van der Waals surface area contributed by atoms with Crippen LogP contribution >= 0.6 is 0 Å². The van der Waals surface area contributed by atoms with Gasteiger partial charge in [-0.05, 0) is 31.5 Å². The van der Waals surface area contributed by atoms with Gasteiger partial charge in [0.2, 0.25) is 5.82 Å². The summed E-state index contributed by atoms with van der Waals surface area (Å²) >= 11 is 0. The molecule has 1 atom stereocenters. The zero-order valence-corrected chi connectivity index (χ0v) is 14.4. The average Bonchev–Trinajstić information content (AvgIpc) is 3.14. The highest BCUT2D eigenvalue weighted by Crippen LogP contribution is 2.23. The van der Waals surface area contributed by atoms with Crippen molar-refractivity contribution in [3.05, 3.63) is 75.4 Å². The zero-order valence-electron chi connectivity index (χ0n) is 14.4. The van der Waals surface area contributed by atoms with E-state index in [1.54, 1.807) is 19.1 Å². The lowest BCUT2D eigenvalue weighted by Gasteiger charge is -2.08. The molecule has 0 bridgehead atoms. The number of carbonyl (C=O) groups is 1. The largest absolute Gasteiger partial charge is 0.449 e. The predicted octanol–water partition coefficient (Wildman–Crippen LogP) is 4.01. The van der Waals surface area contributed by atoms with Gasteiger partial charge in [-0.25, -0.2) is 9.18 Å². The molecule has 0 N–H and O–H groups in total. The number of nitro groups is 1. The molecule has 0 saturated carbocycles. The van der Waals surface area contributed by atoms with Gasteiger partial charge in [-0.3, -0.25) is 10.1 Å². The average molecular weight is 371 g/mol. The molecule has 0 aliphatic heterocycles. The first kappa shape index (κ1) is 18.2. The van der Waals surface area contributed by atoms with E-state index in [9.17, 15) is 19.3 Å². The van der Waals surface area contributed by atoms with E-state index in [2.05, 4.69) is 10.1 Å². The van der Waals surface area contributed by atoms with Crippen molar-refractivity contribution in [1.29, 1.82) is 0 Å². The summed E-state index contributed by atoms with van der Waals surface area (Å²) in [5.41, 5.74) is 0.710. The van der Waals surface area contributed by atoms with Crippen molar-refractivity contribution < 1.29 is 23.4 Å². The number of carbonyl (C=O) groups excluding carboxylic acids is 1. The first-order chi connectivity index (χ1) is 12.8. The molecule has 0 fully saturated rings. The highest BCUT2D eigenvalue weighted by atomic mass is 19.1. The molecule has 3 aromatic rings. The van der Waals surface area contributed by atoms with Gasteiger partial charge < -0.3 is 9.26 Å². The molecule has 1 heterocycles. The van der Waals surface area contributed by atoms with E-state index in [1.807, 2.05) is 0 Å². The van der Waals surface area contributed by atoms with E-state index < -0.39 is 22.8 Å². The number of hydrogen-bond donors (Lipinski definition) is 0. The molecule has 1 aromatic heterocycles. The fourth-order valence-electron chi connectivity index (χ4n) is 2.27. The van der Waals surface area contributed by atoms with Gasteiger partial charge in [-0.1, -0.05) is 23.4 Å². The van der Waals surface area contributed by atoms with Crippen molar-refractivity contribution >= 4 is 11.7 Å². The molecule has 0 aliphatic carbocycles. The monoisotopic (exact) mass is 371 g/mol. The predicted molar refractivity (Wildman–Crippen MR) is 91.4 cm³/mol. The van der Waals surface area contributed by atoms with Gasteiger partial charge in [-0.15, -0.1) is 0 Å². The Bertz CT molecular complexity index is 1020. The van der Waals surface area contributed by atoms with Gasteiger partial charge in [0.05, 0.1) is 10.5 Å².